The van der Waals surface area contributed by atoms with Crippen LogP contribution in [0.25, 0.3) is 16.6 Å². The van der Waals surface area contributed by atoms with E-state index in [4.69, 9.17) is 11.6 Å². The quantitative estimate of drug-likeness (QED) is 0.563. The predicted octanol–water partition coefficient (Wildman–Crippen LogP) is 3.45. The lowest BCUT2D eigenvalue weighted by Crippen LogP contribution is -1.93. The summed E-state index contributed by atoms with van der Waals surface area (Å²) < 4.78 is 2.11. The molecule has 0 radical (unpaired) electrons. The number of hydrogen-bond acceptors (Lipinski definition) is 1. The largest absolute Gasteiger partial charge is 0.313 e. The van der Waals surface area contributed by atoms with Crippen molar-refractivity contribution >= 4 is 28.2 Å². The number of rotatable bonds is 0. The average molecular weight is 217 g/mol. The first-order chi connectivity index (χ1) is 7.25. The molecule has 0 fully saturated rings. The second kappa shape index (κ2) is 2.97. The van der Waals surface area contributed by atoms with Gasteiger partial charge in [-0.25, -0.2) is 4.98 Å². The van der Waals surface area contributed by atoms with Crippen molar-refractivity contribution in [3.8, 4) is 0 Å². The van der Waals surface area contributed by atoms with Crippen molar-refractivity contribution in [3.63, 3.8) is 0 Å². The van der Waals surface area contributed by atoms with Crippen molar-refractivity contribution in [2.75, 3.05) is 0 Å². The van der Waals surface area contributed by atoms with E-state index >= 15 is 0 Å². The molecular formula is C12H9ClN2. The van der Waals surface area contributed by atoms with E-state index in [9.17, 15) is 0 Å². The molecule has 0 bridgehead atoms. The summed E-state index contributed by atoms with van der Waals surface area (Å²) in [5.41, 5.74) is 4.19. The van der Waals surface area contributed by atoms with Gasteiger partial charge in [-0.05, 0) is 37.3 Å². The van der Waals surface area contributed by atoms with Gasteiger partial charge in [0.1, 0.15) is 0 Å². The van der Waals surface area contributed by atoms with Crippen molar-refractivity contribution in [2.45, 2.75) is 6.92 Å². The lowest BCUT2D eigenvalue weighted by Gasteiger charge is -2.05. The van der Waals surface area contributed by atoms with Gasteiger partial charge in [-0.2, -0.15) is 0 Å². The van der Waals surface area contributed by atoms with Gasteiger partial charge < -0.3 is 4.40 Å². The molecule has 2 nitrogen and oxygen atoms in total. The second-order valence-corrected chi connectivity index (χ2v) is 4.03. The summed E-state index contributed by atoms with van der Waals surface area (Å²) in [6.07, 6.45) is 2.03. The van der Waals surface area contributed by atoms with Crippen molar-refractivity contribution in [1.29, 1.82) is 0 Å². The van der Waals surface area contributed by atoms with Crippen molar-refractivity contribution < 1.29 is 0 Å². The molecule has 0 saturated heterocycles. The maximum Gasteiger partial charge on any atom is 0.0875 e. The van der Waals surface area contributed by atoms with E-state index in [0.717, 1.165) is 27.3 Å². The monoisotopic (exact) mass is 216 g/mol. The zero-order valence-corrected chi connectivity index (χ0v) is 8.99. The topological polar surface area (TPSA) is 17.3 Å². The fourth-order valence-corrected chi connectivity index (χ4v) is 2.07. The van der Waals surface area contributed by atoms with Crippen LogP contribution in [0.5, 0.6) is 0 Å². The molecule has 3 aromatic rings. The number of fused-ring (bicyclic) bond motifs is 3. The molecule has 15 heavy (non-hydrogen) atoms. The summed E-state index contributed by atoms with van der Waals surface area (Å²) in [6.45, 7) is 2.02. The van der Waals surface area contributed by atoms with Gasteiger partial charge in [-0.3, -0.25) is 0 Å². The molecule has 2 aromatic heterocycles. The smallest absolute Gasteiger partial charge is 0.0875 e. The maximum atomic E-state index is 5.98. The van der Waals surface area contributed by atoms with Gasteiger partial charge in [0.2, 0.25) is 0 Å². The molecule has 1 aromatic carbocycles. The Hall–Kier alpha value is -1.54. The molecule has 2 heterocycles. The Labute approximate surface area is 92.1 Å². The molecule has 0 aliphatic heterocycles. The van der Waals surface area contributed by atoms with Crippen molar-refractivity contribution in [2.24, 2.45) is 0 Å². The van der Waals surface area contributed by atoms with E-state index in [1.807, 2.05) is 37.4 Å². The first-order valence-electron chi connectivity index (χ1n) is 4.78. The zero-order chi connectivity index (χ0) is 10.4. The summed E-state index contributed by atoms with van der Waals surface area (Å²) in [7, 11) is 0. The molecule has 0 unspecified atom stereocenters. The van der Waals surface area contributed by atoms with E-state index in [-0.39, 0.29) is 0 Å². The van der Waals surface area contributed by atoms with Crippen LogP contribution < -0.4 is 0 Å². The number of aryl methyl sites for hydroxylation is 1. The highest BCUT2D eigenvalue weighted by Crippen LogP contribution is 2.21. The maximum absolute atomic E-state index is 5.98. The molecule has 0 atom stereocenters. The zero-order valence-electron chi connectivity index (χ0n) is 8.24. The second-order valence-electron chi connectivity index (χ2n) is 3.59. The van der Waals surface area contributed by atoms with Gasteiger partial charge in [0, 0.05) is 11.2 Å². The molecule has 0 amide bonds. The molecule has 3 heteroatoms. The summed E-state index contributed by atoms with van der Waals surface area (Å²) in [5.74, 6) is 0. The first-order valence-corrected chi connectivity index (χ1v) is 5.16. The minimum absolute atomic E-state index is 0.739. The Balaban J connectivity index is 2.61. The van der Waals surface area contributed by atoms with Gasteiger partial charge in [0.15, 0.2) is 0 Å². The lowest BCUT2D eigenvalue weighted by atomic mass is 10.2. The summed E-state index contributed by atoms with van der Waals surface area (Å²) in [6, 6.07) is 9.83. The Morgan fingerprint density at radius 3 is 2.93 bits per heavy atom. The Bertz CT molecular complexity index is 655. The van der Waals surface area contributed by atoms with Crippen LogP contribution in [0.2, 0.25) is 5.02 Å². The van der Waals surface area contributed by atoms with Crippen LogP contribution in [0.3, 0.4) is 0 Å². The lowest BCUT2D eigenvalue weighted by molar-refractivity contribution is 1.17. The number of hydrogen-bond donors (Lipinski definition) is 0. The minimum Gasteiger partial charge on any atom is -0.313 e. The predicted molar refractivity (Wildman–Crippen MR) is 62.4 cm³/mol. The molecule has 0 N–H and O–H groups in total. The normalized spacial score (nSPS) is 11.3. The van der Waals surface area contributed by atoms with E-state index in [1.165, 1.54) is 0 Å². The van der Waals surface area contributed by atoms with E-state index < -0.39 is 0 Å². The van der Waals surface area contributed by atoms with Crippen LogP contribution in [0.1, 0.15) is 5.69 Å². The van der Waals surface area contributed by atoms with Crippen LogP contribution in [-0.2, 0) is 0 Å². The average Bonchev–Trinajstić information content (AvgIpc) is 2.69. The first kappa shape index (κ1) is 8.74. The Kier molecular flexibility index (Phi) is 1.73. The minimum atomic E-state index is 0.739. The van der Waals surface area contributed by atoms with Gasteiger partial charge in [-0.1, -0.05) is 11.6 Å². The van der Waals surface area contributed by atoms with Crippen molar-refractivity contribution in [1.82, 2.24) is 9.38 Å². The van der Waals surface area contributed by atoms with E-state index in [0.29, 0.717) is 0 Å². The third kappa shape index (κ3) is 1.22. The number of aromatic nitrogens is 2. The fourth-order valence-electron chi connectivity index (χ4n) is 1.91. The highest BCUT2D eigenvalue weighted by atomic mass is 35.5. The molecular weight excluding hydrogens is 208 g/mol. The van der Waals surface area contributed by atoms with Crippen LogP contribution in [0.15, 0.2) is 36.5 Å². The Morgan fingerprint density at radius 1 is 1.20 bits per heavy atom. The number of halogens is 1. The highest BCUT2D eigenvalue weighted by molar-refractivity contribution is 6.31. The van der Waals surface area contributed by atoms with Gasteiger partial charge in [0.25, 0.3) is 0 Å². The third-order valence-electron chi connectivity index (χ3n) is 2.60. The standard InChI is InChI=1S/C12H9ClN2/c1-8-11-3-2-6-15(11)12-7-9(13)4-5-10(12)14-8/h2-7H,1H3. The van der Waals surface area contributed by atoms with E-state index in [2.05, 4.69) is 15.5 Å². The van der Waals surface area contributed by atoms with Crippen LogP contribution in [0.4, 0.5) is 0 Å². The summed E-state index contributed by atoms with van der Waals surface area (Å²) >= 11 is 5.98. The van der Waals surface area contributed by atoms with E-state index in [1.54, 1.807) is 0 Å². The summed E-state index contributed by atoms with van der Waals surface area (Å²) in [5, 5.41) is 0.739. The van der Waals surface area contributed by atoms with Crippen LogP contribution in [-0.4, -0.2) is 9.38 Å². The van der Waals surface area contributed by atoms with Gasteiger partial charge in [0.05, 0.1) is 22.2 Å². The van der Waals surface area contributed by atoms with Crippen molar-refractivity contribution in [3.05, 3.63) is 47.2 Å². The number of benzene rings is 1. The van der Waals surface area contributed by atoms with Gasteiger partial charge >= 0.3 is 0 Å². The molecule has 0 aliphatic carbocycles. The fraction of sp³-hybridized carbons (Fsp3) is 0.0833. The molecule has 0 saturated carbocycles. The molecule has 0 aliphatic rings. The molecule has 3 rings (SSSR count). The van der Waals surface area contributed by atoms with Gasteiger partial charge in [-0.15, -0.1) is 0 Å². The third-order valence-corrected chi connectivity index (χ3v) is 2.84. The van der Waals surface area contributed by atoms with Crippen LogP contribution in [0, 0.1) is 6.92 Å². The SMILES string of the molecule is Cc1nc2ccc(Cl)cc2n2cccc12. The summed E-state index contributed by atoms with van der Waals surface area (Å²) in [4.78, 5) is 4.54. The number of nitrogens with zero attached hydrogens (tertiary/aromatic N) is 2. The Morgan fingerprint density at radius 2 is 2.07 bits per heavy atom. The highest BCUT2D eigenvalue weighted by Gasteiger charge is 2.04. The molecule has 0 spiro atoms. The molecule has 74 valence electrons. The van der Waals surface area contributed by atoms with Crippen LogP contribution >= 0.6 is 11.6 Å².